The number of fused-ring (bicyclic) bond motifs is 1. The maximum absolute atomic E-state index is 6.30. The Kier molecular flexibility index (Phi) is 5.69. The molecule has 0 saturated heterocycles. The number of hydrogen-bond acceptors (Lipinski definition) is 5. The minimum absolute atomic E-state index is 0.263. The number of ether oxygens (including phenoxy) is 1. The highest BCUT2D eigenvalue weighted by atomic mass is 35.5. The standard InChI is InChI=1S/C23H22ClN3OS/c1-4-27(17-8-6-7-15(3)13-17)21-20-19(14-29-22(20)26-23(24)25-21)16-9-11-18(12-10-16)28-5-2/h6-14H,4-5H2,1-3H3. The van der Waals surface area contributed by atoms with E-state index in [1.54, 1.807) is 11.3 Å². The lowest BCUT2D eigenvalue weighted by Gasteiger charge is -2.24. The molecule has 6 heteroatoms. The fraction of sp³-hybridized carbons (Fsp3) is 0.217. The summed E-state index contributed by atoms with van der Waals surface area (Å²) in [4.78, 5) is 12.2. The Morgan fingerprint density at radius 1 is 1.07 bits per heavy atom. The van der Waals surface area contributed by atoms with Gasteiger partial charge in [0, 0.05) is 23.2 Å². The molecule has 4 rings (SSSR count). The first kappa shape index (κ1) is 19.7. The molecule has 0 radical (unpaired) electrons. The highest BCUT2D eigenvalue weighted by Gasteiger charge is 2.20. The predicted octanol–water partition coefficient (Wildman–Crippen LogP) is 6.88. The summed E-state index contributed by atoms with van der Waals surface area (Å²) in [5, 5.41) is 3.41. The molecule has 0 unspecified atom stereocenters. The Labute approximate surface area is 179 Å². The number of thiophene rings is 1. The topological polar surface area (TPSA) is 38.3 Å². The lowest BCUT2D eigenvalue weighted by molar-refractivity contribution is 0.340. The van der Waals surface area contributed by atoms with E-state index < -0.39 is 0 Å². The monoisotopic (exact) mass is 423 g/mol. The number of anilines is 2. The lowest BCUT2D eigenvalue weighted by atomic mass is 10.1. The van der Waals surface area contributed by atoms with Gasteiger partial charge in [-0.05, 0) is 67.8 Å². The summed E-state index contributed by atoms with van der Waals surface area (Å²) >= 11 is 7.88. The van der Waals surface area contributed by atoms with Crippen molar-refractivity contribution in [2.45, 2.75) is 20.8 Å². The Balaban J connectivity index is 1.88. The SMILES string of the molecule is CCOc1ccc(-c2csc3nc(Cl)nc(N(CC)c4cccc(C)c4)c23)cc1. The molecule has 4 aromatic rings. The second-order valence-corrected chi connectivity index (χ2v) is 7.88. The van der Waals surface area contributed by atoms with Crippen LogP contribution in [0.5, 0.6) is 5.75 Å². The van der Waals surface area contributed by atoms with E-state index in [9.17, 15) is 0 Å². The first-order valence-electron chi connectivity index (χ1n) is 9.63. The van der Waals surface area contributed by atoms with Crippen LogP contribution in [-0.2, 0) is 0 Å². The van der Waals surface area contributed by atoms with Crippen LogP contribution in [0.3, 0.4) is 0 Å². The predicted molar refractivity (Wildman–Crippen MR) is 123 cm³/mol. The van der Waals surface area contributed by atoms with E-state index in [-0.39, 0.29) is 5.28 Å². The number of nitrogens with zero attached hydrogens (tertiary/aromatic N) is 3. The maximum Gasteiger partial charge on any atom is 0.225 e. The zero-order chi connectivity index (χ0) is 20.4. The lowest BCUT2D eigenvalue weighted by Crippen LogP contribution is -2.18. The van der Waals surface area contributed by atoms with Gasteiger partial charge < -0.3 is 9.64 Å². The molecule has 2 heterocycles. The first-order valence-corrected chi connectivity index (χ1v) is 10.9. The molecular formula is C23H22ClN3OS. The van der Waals surface area contributed by atoms with Crippen molar-refractivity contribution >= 4 is 44.7 Å². The van der Waals surface area contributed by atoms with Gasteiger partial charge in [-0.15, -0.1) is 11.3 Å². The Bertz CT molecular complexity index is 1140. The van der Waals surface area contributed by atoms with Gasteiger partial charge in [-0.1, -0.05) is 24.3 Å². The van der Waals surface area contributed by atoms with Crippen LogP contribution in [0.25, 0.3) is 21.3 Å². The van der Waals surface area contributed by atoms with Crippen LogP contribution in [0, 0.1) is 6.92 Å². The third-order valence-corrected chi connectivity index (χ3v) is 5.79. The summed E-state index contributed by atoms with van der Waals surface area (Å²) in [5.74, 6) is 1.70. The van der Waals surface area contributed by atoms with Crippen molar-refractivity contribution in [3.05, 3.63) is 64.8 Å². The molecule has 2 aromatic heterocycles. The van der Waals surface area contributed by atoms with Gasteiger partial charge in [0.25, 0.3) is 0 Å². The van der Waals surface area contributed by atoms with Gasteiger partial charge in [-0.2, -0.15) is 4.98 Å². The van der Waals surface area contributed by atoms with E-state index in [4.69, 9.17) is 16.3 Å². The Morgan fingerprint density at radius 3 is 2.55 bits per heavy atom. The van der Waals surface area contributed by atoms with Crippen LogP contribution in [0.15, 0.2) is 53.9 Å². The minimum atomic E-state index is 0.263. The molecule has 0 aliphatic rings. The van der Waals surface area contributed by atoms with Crippen molar-refractivity contribution < 1.29 is 4.74 Å². The fourth-order valence-corrected chi connectivity index (χ4v) is 4.61. The van der Waals surface area contributed by atoms with E-state index in [0.29, 0.717) is 6.61 Å². The maximum atomic E-state index is 6.30. The van der Waals surface area contributed by atoms with Crippen LogP contribution in [0.4, 0.5) is 11.5 Å². The quantitative estimate of drug-likeness (QED) is 0.317. The smallest absolute Gasteiger partial charge is 0.225 e. The van der Waals surface area contributed by atoms with Crippen molar-refractivity contribution in [1.29, 1.82) is 0 Å². The highest BCUT2D eigenvalue weighted by Crippen LogP contribution is 2.41. The summed E-state index contributed by atoms with van der Waals surface area (Å²) < 4.78 is 5.58. The summed E-state index contributed by atoms with van der Waals surface area (Å²) in [6, 6.07) is 16.6. The normalized spacial score (nSPS) is 11.0. The minimum Gasteiger partial charge on any atom is -0.494 e. The van der Waals surface area contributed by atoms with Crippen LogP contribution >= 0.6 is 22.9 Å². The van der Waals surface area contributed by atoms with Crippen molar-refractivity contribution in [2.24, 2.45) is 0 Å². The first-order chi connectivity index (χ1) is 14.1. The van der Waals surface area contributed by atoms with Gasteiger partial charge in [0.05, 0.1) is 12.0 Å². The average molecular weight is 424 g/mol. The zero-order valence-electron chi connectivity index (χ0n) is 16.6. The number of halogens is 1. The second-order valence-electron chi connectivity index (χ2n) is 6.69. The molecule has 0 fully saturated rings. The number of rotatable bonds is 6. The Morgan fingerprint density at radius 2 is 1.86 bits per heavy atom. The number of aromatic nitrogens is 2. The molecule has 0 N–H and O–H groups in total. The molecule has 2 aromatic carbocycles. The molecular weight excluding hydrogens is 402 g/mol. The van der Waals surface area contributed by atoms with Crippen molar-refractivity contribution in [3.8, 4) is 16.9 Å². The number of hydrogen-bond donors (Lipinski definition) is 0. The summed E-state index contributed by atoms with van der Waals surface area (Å²) in [6.07, 6.45) is 0. The third kappa shape index (κ3) is 3.93. The molecule has 0 saturated carbocycles. The largest absolute Gasteiger partial charge is 0.494 e. The highest BCUT2D eigenvalue weighted by molar-refractivity contribution is 7.17. The second kappa shape index (κ2) is 8.39. The summed E-state index contributed by atoms with van der Waals surface area (Å²) in [6.45, 7) is 7.62. The number of aryl methyl sites for hydroxylation is 1. The molecule has 4 nitrogen and oxygen atoms in total. The van der Waals surface area contributed by atoms with Gasteiger partial charge in [-0.25, -0.2) is 4.98 Å². The fourth-order valence-electron chi connectivity index (χ4n) is 3.45. The molecule has 29 heavy (non-hydrogen) atoms. The van der Waals surface area contributed by atoms with Crippen molar-refractivity contribution in [2.75, 3.05) is 18.1 Å². The molecule has 0 bridgehead atoms. The molecule has 0 atom stereocenters. The molecule has 0 aliphatic carbocycles. The van der Waals surface area contributed by atoms with E-state index in [1.165, 1.54) is 5.56 Å². The third-order valence-electron chi connectivity index (χ3n) is 4.75. The van der Waals surface area contributed by atoms with Gasteiger partial charge in [0.2, 0.25) is 5.28 Å². The zero-order valence-corrected chi connectivity index (χ0v) is 18.2. The number of benzene rings is 2. The van der Waals surface area contributed by atoms with Crippen LogP contribution in [-0.4, -0.2) is 23.1 Å². The summed E-state index contributed by atoms with van der Waals surface area (Å²) in [7, 11) is 0. The summed E-state index contributed by atoms with van der Waals surface area (Å²) in [5.41, 5.74) is 4.50. The van der Waals surface area contributed by atoms with Crippen LogP contribution in [0.2, 0.25) is 5.28 Å². The molecule has 0 amide bonds. The van der Waals surface area contributed by atoms with Gasteiger partial charge >= 0.3 is 0 Å². The van der Waals surface area contributed by atoms with Crippen molar-refractivity contribution in [1.82, 2.24) is 9.97 Å². The van der Waals surface area contributed by atoms with E-state index in [0.717, 1.165) is 45.1 Å². The van der Waals surface area contributed by atoms with E-state index in [2.05, 4.69) is 70.5 Å². The van der Waals surface area contributed by atoms with E-state index >= 15 is 0 Å². The molecule has 148 valence electrons. The average Bonchev–Trinajstić information content (AvgIpc) is 3.13. The van der Waals surface area contributed by atoms with Gasteiger partial charge in [0.1, 0.15) is 16.4 Å². The van der Waals surface area contributed by atoms with E-state index in [1.807, 2.05) is 19.1 Å². The Hall–Kier alpha value is -2.63. The van der Waals surface area contributed by atoms with Gasteiger partial charge in [0.15, 0.2) is 0 Å². The van der Waals surface area contributed by atoms with Crippen LogP contribution in [0.1, 0.15) is 19.4 Å². The van der Waals surface area contributed by atoms with Crippen LogP contribution < -0.4 is 9.64 Å². The molecule has 0 spiro atoms. The molecule has 0 aliphatic heterocycles. The van der Waals surface area contributed by atoms with Gasteiger partial charge in [-0.3, -0.25) is 0 Å². The van der Waals surface area contributed by atoms with Crippen molar-refractivity contribution in [3.63, 3.8) is 0 Å².